The molecule has 1 heterocycles. The van der Waals surface area contributed by atoms with Gasteiger partial charge in [-0.15, -0.1) is 0 Å². The Balaban J connectivity index is 1.84. The summed E-state index contributed by atoms with van der Waals surface area (Å²) in [5.74, 6) is -0.0149. The van der Waals surface area contributed by atoms with Gasteiger partial charge in [0.1, 0.15) is 0 Å². The lowest BCUT2D eigenvalue weighted by atomic mass is 10.1. The smallest absolute Gasteiger partial charge is 0.241 e. The number of rotatable bonds is 5. The minimum Gasteiger partial charge on any atom is -0.376 e. The van der Waals surface area contributed by atoms with Crippen LogP contribution in [0.2, 0.25) is 0 Å². The van der Waals surface area contributed by atoms with E-state index in [0.29, 0.717) is 13.1 Å². The van der Waals surface area contributed by atoms with E-state index in [4.69, 9.17) is 0 Å². The first-order valence-corrected chi connectivity index (χ1v) is 8.87. The van der Waals surface area contributed by atoms with Gasteiger partial charge in [0.15, 0.2) is 0 Å². The quantitative estimate of drug-likeness (QED) is 0.836. The number of carbonyl (C=O) groups is 1. The Bertz CT molecular complexity index is 574. The SMILES string of the molecule is CS(=O)(=O)NC1CCCN(C(=O)CNc2ccccc2)C1. The molecule has 1 amide bonds. The summed E-state index contributed by atoms with van der Waals surface area (Å²) in [4.78, 5) is 13.9. The average Bonchev–Trinajstić information content (AvgIpc) is 2.44. The van der Waals surface area contributed by atoms with E-state index in [1.54, 1.807) is 4.90 Å². The van der Waals surface area contributed by atoms with E-state index < -0.39 is 10.0 Å². The molecule has 2 rings (SSSR count). The van der Waals surface area contributed by atoms with Gasteiger partial charge >= 0.3 is 0 Å². The molecule has 21 heavy (non-hydrogen) atoms. The van der Waals surface area contributed by atoms with Crippen LogP contribution in [0.25, 0.3) is 0 Å². The molecule has 0 saturated carbocycles. The average molecular weight is 311 g/mol. The van der Waals surface area contributed by atoms with Crippen LogP contribution in [-0.2, 0) is 14.8 Å². The van der Waals surface area contributed by atoms with Crippen LogP contribution in [0.1, 0.15) is 12.8 Å². The number of hydrogen-bond donors (Lipinski definition) is 2. The van der Waals surface area contributed by atoms with Gasteiger partial charge in [0.25, 0.3) is 0 Å². The van der Waals surface area contributed by atoms with Crippen LogP contribution in [0.4, 0.5) is 5.69 Å². The van der Waals surface area contributed by atoms with Crippen LogP contribution in [0.5, 0.6) is 0 Å². The Morgan fingerprint density at radius 3 is 2.71 bits per heavy atom. The van der Waals surface area contributed by atoms with Gasteiger partial charge in [0.05, 0.1) is 12.8 Å². The molecule has 1 atom stereocenters. The van der Waals surface area contributed by atoms with Crippen LogP contribution < -0.4 is 10.0 Å². The largest absolute Gasteiger partial charge is 0.376 e. The highest BCUT2D eigenvalue weighted by Gasteiger charge is 2.25. The van der Waals surface area contributed by atoms with E-state index in [0.717, 1.165) is 24.8 Å². The summed E-state index contributed by atoms with van der Waals surface area (Å²) < 4.78 is 25.1. The summed E-state index contributed by atoms with van der Waals surface area (Å²) >= 11 is 0. The third-order valence-corrected chi connectivity index (χ3v) is 4.13. The van der Waals surface area contributed by atoms with E-state index >= 15 is 0 Å². The topological polar surface area (TPSA) is 78.5 Å². The number of benzene rings is 1. The van der Waals surface area contributed by atoms with Crippen molar-refractivity contribution in [2.45, 2.75) is 18.9 Å². The van der Waals surface area contributed by atoms with E-state index in [-0.39, 0.29) is 18.5 Å². The number of para-hydroxylation sites is 1. The molecule has 6 nitrogen and oxygen atoms in total. The number of anilines is 1. The number of carbonyl (C=O) groups excluding carboxylic acids is 1. The van der Waals surface area contributed by atoms with Crippen molar-refractivity contribution < 1.29 is 13.2 Å². The van der Waals surface area contributed by atoms with Crippen molar-refractivity contribution in [2.75, 3.05) is 31.2 Å². The molecule has 7 heteroatoms. The fourth-order valence-corrected chi connectivity index (χ4v) is 3.25. The molecule has 1 fully saturated rings. The third-order valence-electron chi connectivity index (χ3n) is 3.37. The summed E-state index contributed by atoms with van der Waals surface area (Å²) in [6.07, 6.45) is 2.72. The lowest BCUT2D eigenvalue weighted by Gasteiger charge is -2.32. The number of amides is 1. The summed E-state index contributed by atoms with van der Waals surface area (Å²) in [7, 11) is -3.23. The number of piperidine rings is 1. The zero-order valence-corrected chi connectivity index (χ0v) is 12.9. The van der Waals surface area contributed by atoms with Gasteiger partial charge in [-0.05, 0) is 25.0 Å². The van der Waals surface area contributed by atoms with Crippen molar-refractivity contribution in [3.63, 3.8) is 0 Å². The van der Waals surface area contributed by atoms with Crippen LogP contribution in [0.15, 0.2) is 30.3 Å². The molecule has 1 aliphatic heterocycles. The molecule has 116 valence electrons. The van der Waals surface area contributed by atoms with Gasteiger partial charge in [-0.1, -0.05) is 18.2 Å². The normalized spacial score (nSPS) is 19.3. The lowest BCUT2D eigenvalue weighted by molar-refractivity contribution is -0.130. The first kappa shape index (κ1) is 15.8. The minimum absolute atomic E-state index is 0.0149. The Hall–Kier alpha value is -1.60. The number of likely N-dealkylation sites (tertiary alicyclic amines) is 1. The standard InChI is InChI=1S/C14H21N3O3S/c1-21(19,20)16-13-8-5-9-17(11-13)14(18)10-15-12-6-3-2-4-7-12/h2-4,6-7,13,15-16H,5,8-11H2,1H3. The third kappa shape index (κ3) is 5.35. The molecule has 0 aliphatic carbocycles. The van der Waals surface area contributed by atoms with Gasteiger partial charge in [0, 0.05) is 24.8 Å². The Morgan fingerprint density at radius 2 is 2.05 bits per heavy atom. The van der Waals surface area contributed by atoms with Crippen molar-refractivity contribution >= 4 is 21.6 Å². The van der Waals surface area contributed by atoms with E-state index in [2.05, 4.69) is 10.0 Å². The number of sulfonamides is 1. The zero-order chi connectivity index (χ0) is 15.3. The fourth-order valence-electron chi connectivity index (χ4n) is 2.45. The van der Waals surface area contributed by atoms with Crippen LogP contribution >= 0.6 is 0 Å². The maximum atomic E-state index is 12.2. The fraction of sp³-hybridized carbons (Fsp3) is 0.500. The first-order chi connectivity index (χ1) is 9.94. The molecular formula is C14H21N3O3S. The summed E-state index contributed by atoms with van der Waals surface area (Å²) in [5.41, 5.74) is 0.897. The first-order valence-electron chi connectivity index (χ1n) is 6.98. The Morgan fingerprint density at radius 1 is 1.33 bits per heavy atom. The number of nitrogens with zero attached hydrogens (tertiary/aromatic N) is 1. The molecule has 1 aliphatic rings. The molecule has 1 aromatic carbocycles. The number of nitrogens with one attached hydrogen (secondary N) is 2. The van der Waals surface area contributed by atoms with Crippen molar-refractivity contribution in [3.05, 3.63) is 30.3 Å². The second-order valence-electron chi connectivity index (χ2n) is 5.29. The second-order valence-corrected chi connectivity index (χ2v) is 7.07. The predicted octanol–water partition coefficient (Wildman–Crippen LogP) is 0.639. The molecule has 0 aromatic heterocycles. The molecule has 0 bridgehead atoms. The van der Waals surface area contributed by atoms with Gasteiger partial charge in [-0.3, -0.25) is 4.79 Å². The zero-order valence-electron chi connectivity index (χ0n) is 12.1. The maximum Gasteiger partial charge on any atom is 0.241 e. The van der Waals surface area contributed by atoms with Crippen molar-refractivity contribution in [3.8, 4) is 0 Å². The minimum atomic E-state index is -3.23. The highest BCUT2D eigenvalue weighted by atomic mass is 32.2. The maximum absolute atomic E-state index is 12.2. The molecular weight excluding hydrogens is 290 g/mol. The van der Waals surface area contributed by atoms with Gasteiger partial charge < -0.3 is 10.2 Å². The molecule has 0 spiro atoms. The van der Waals surface area contributed by atoms with Crippen LogP contribution in [0, 0.1) is 0 Å². The lowest BCUT2D eigenvalue weighted by Crippen LogP contribution is -2.50. The summed E-state index contributed by atoms with van der Waals surface area (Å²) in [6, 6.07) is 9.34. The number of hydrogen-bond acceptors (Lipinski definition) is 4. The van der Waals surface area contributed by atoms with Crippen LogP contribution in [-0.4, -0.2) is 51.2 Å². The predicted molar refractivity (Wildman–Crippen MR) is 82.5 cm³/mol. The summed E-state index contributed by atoms with van der Waals surface area (Å²) in [6.45, 7) is 1.33. The summed E-state index contributed by atoms with van der Waals surface area (Å²) in [5, 5.41) is 3.07. The van der Waals surface area contributed by atoms with Gasteiger partial charge in [-0.2, -0.15) is 0 Å². The van der Waals surface area contributed by atoms with E-state index in [9.17, 15) is 13.2 Å². The molecule has 1 aromatic rings. The Kier molecular flexibility index (Phi) is 5.19. The molecule has 2 N–H and O–H groups in total. The van der Waals surface area contributed by atoms with E-state index in [1.807, 2.05) is 30.3 Å². The molecule has 1 unspecified atom stereocenters. The van der Waals surface area contributed by atoms with Crippen LogP contribution in [0.3, 0.4) is 0 Å². The Labute approximate surface area is 125 Å². The van der Waals surface area contributed by atoms with Crippen molar-refractivity contribution in [1.29, 1.82) is 0 Å². The highest BCUT2D eigenvalue weighted by molar-refractivity contribution is 7.88. The molecule has 0 radical (unpaired) electrons. The van der Waals surface area contributed by atoms with Crippen molar-refractivity contribution in [2.24, 2.45) is 0 Å². The highest BCUT2D eigenvalue weighted by Crippen LogP contribution is 2.12. The van der Waals surface area contributed by atoms with Crippen molar-refractivity contribution in [1.82, 2.24) is 9.62 Å². The molecule has 1 saturated heterocycles. The van der Waals surface area contributed by atoms with Gasteiger partial charge in [-0.25, -0.2) is 13.1 Å². The monoisotopic (exact) mass is 311 g/mol. The van der Waals surface area contributed by atoms with E-state index in [1.165, 1.54) is 0 Å². The van der Waals surface area contributed by atoms with Gasteiger partial charge in [0.2, 0.25) is 15.9 Å². The second kappa shape index (κ2) is 6.91.